The van der Waals surface area contributed by atoms with Gasteiger partial charge >= 0.3 is 5.00 Å². The summed E-state index contributed by atoms with van der Waals surface area (Å²) in [7, 11) is 0. The van der Waals surface area contributed by atoms with E-state index in [-0.39, 0.29) is 17.3 Å². The third kappa shape index (κ3) is 3.58. The molecule has 0 radical (unpaired) electrons. The van der Waals surface area contributed by atoms with Gasteiger partial charge in [-0.25, -0.2) is 4.98 Å². The Balaban J connectivity index is 1.96. The Morgan fingerprint density at radius 1 is 1.42 bits per heavy atom. The maximum Gasteiger partial charge on any atom is 0.345 e. The molecule has 2 aromatic rings. The molecule has 0 aliphatic carbocycles. The van der Waals surface area contributed by atoms with Gasteiger partial charge < -0.3 is 5.32 Å². The number of nitrogens with zero attached hydrogens (tertiary/aromatic N) is 2. The first-order valence-corrected chi connectivity index (χ1v) is 6.80. The number of thiazole rings is 1. The van der Waals surface area contributed by atoms with E-state index in [2.05, 4.69) is 26.2 Å². The summed E-state index contributed by atoms with van der Waals surface area (Å²) >= 11 is 4.19. The SMILES string of the molecule is O=C(CNc1ncc([N+](=O)[O-])s1)c1ccc(Br)cc1. The molecule has 0 amide bonds. The van der Waals surface area contributed by atoms with Gasteiger partial charge in [-0.3, -0.25) is 14.9 Å². The first kappa shape index (κ1) is 13.6. The zero-order valence-electron chi connectivity index (χ0n) is 9.50. The van der Waals surface area contributed by atoms with E-state index in [0.717, 1.165) is 22.0 Å². The number of hydrogen-bond donors (Lipinski definition) is 1. The van der Waals surface area contributed by atoms with Crippen LogP contribution in [0.3, 0.4) is 0 Å². The Labute approximate surface area is 120 Å². The minimum Gasteiger partial charge on any atom is -0.354 e. The average molecular weight is 342 g/mol. The van der Waals surface area contributed by atoms with Crippen LogP contribution in [0.15, 0.2) is 34.9 Å². The molecule has 1 aromatic heterocycles. The summed E-state index contributed by atoms with van der Waals surface area (Å²) in [4.78, 5) is 25.6. The summed E-state index contributed by atoms with van der Waals surface area (Å²) in [6, 6.07) is 6.97. The van der Waals surface area contributed by atoms with E-state index in [1.165, 1.54) is 0 Å². The van der Waals surface area contributed by atoms with Gasteiger partial charge in [0, 0.05) is 10.0 Å². The first-order valence-electron chi connectivity index (χ1n) is 5.19. The molecule has 6 nitrogen and oxygen atoms in total. The number of carbonyl (C=O) groups is 1. The molecule has 0 saturated carbocycles. The molecule has 8 heteroatoms. The van der Waals surface area contributed by atoms with Crippen molar-refractivity contribution in [2.75, 3.05) is 11.9 Å². The minimum absolute atomic E-state index is 0.0479. The lowest BCUT2D eigenvalue weighted by Crippen LogP contribution is -2.13. The number of nitro groups is 1. The minimum atomic E-state index is -0.514. The summed E-state index contributed by atoms with van der Waals surface area (Å²) in [5.41, 5.74) is 0.571. The van der Waals surface area contributed by atoms with Gasteiger partial charge in [0.2, 0.25) is 0 Å². The predicted molar refractivity (Wildman–Crippen MR) is 75.7 cm³/mol. The van der Waals surface area contributed by atoms with Crippen LogP contribution in [0.2, 0.25) is 0 Å². The molecule has 0 aliphatic rings. The van der Waals surface area contributed by atoms with Crippen LogP contribution in [-0.4, -0.2) is 22.2 Å². The number of aromatic nitrogens is 1. The molecule has 0 fully saturated rings. The summed E-state index contributed by atoms with van der Waals surface area (Å²) in [6.45, 7) is 0.0479. The quantitative estimate of drug-likeness (QED) is 0.513. The molecule has 0 unspecified atom stereocenters. The molecule has 0 spiro atoms. The molecule has 19 heavy (non-hydrogen) atoms. The molecule has 2 rings (SSSR count). The summed E-state index contributed by atoms with van der Waals surface area (Å²) in [5.74, 6) is -0.106. The fourth-order valence-electron chi connectivity index (χ4n) is 1.33. The van der Waals surface area contributed by atoms with E-state index in [0.29, 0.717) is 10.7 Å². The number of benzene rings is 1. The van der Waals surface area contributed by atoms with Crippen LogP contribution in [0.5, 0.6) is 0 Å². The Kier molecular flexibility index (Phi) is 4.23. The largest absolute Gasteiger partial charge is 0.354 e. The second-order valence-corrected chi connectivity index (χ2v) is 5.47. The van der Waals surface area contributed by atoms with Crippen molar-refractivity contribution in [2.45, 2.75) is 0 Å². The molecule has 1 aromatic carbocycles. The van der Waals surface area contributed by atoms with Gasteiger partial charge in [0.25, 0.3) is 0 Å². The Hall–Kier alpha value is -1.80. The van der Waals surface area contributed by atoms with Crippen molar-refractivity contribution in [1.82, 2.24) is 4.98 Å². The molecule has 0 atom stereocenters. The highest BCUT2D eigenvalue weighted by molar-refractivity contribution is 9.10. The summed E-state index contributed by atoms with van der Waals surface area (Å²) in [5, 5.41) is 13.6. The van der Waals surface area contributed by atoms with Crippen LogP contribution in [-0.2, 0) is 0 Å². The standard InChI is InChI=1S/C11H8BrN3O3S/c12-8-3-1-7(2-4-8)9(16)5-13-11-14-6-10(19-11)15(17)18/h1-4,6H,5H2,(H,13,14). The number of hydrogen-bond acceptors (Lipinski definition) is 6. The van der Waals surface area contributed by atoms with Crippen molar-refractivity contribution in [2.24, 2.45) is 0 Å². The van der Waals surface area contributed by atoms with Crippen LogP contribution in [0.25, 0.3) is 0 Å². The fraction of sp³-hybridized carbons (Fsp3) is 0.0909. The van der Waals surface area contributed by atoms with Gasteiger partial charge in [-0.05, 0) is 23.5 Å². The molecule has 98 valence electrons. The highest BCUT2D eigenvalue weighted by Gasteiger charge is 2.12. The van der Waals surface area contributed by atoms with Crippen LogP contribution in [0.4, 0.5) is 10.1 Å². The summed E-state index contributed by atoms with van der Waals surface area (Å²) < 4.78 is 0.896. The van der Waals surface area contributed by atoms with E-state index in [4.69, 9.17) is 0 Å². The second kappa shape index (κ2) is 5.89. The third-order valence-electron chi connectivity index (χ3n) is 2.24. The molecular weight excluding hydrogens is 334 g/mol. The second-order valence-electron chi connectivity index (χ2n) is 3.54. The predicted octanol–water partition coefficient (Wildman–Crippen LogP) is 3.11. The van der Waals surface area contributed by atoms with Gasteiger partial charge in [-0.1, -0.05) is 28.1 Å². The van der Waals surface area contributed by atoms with Crippen molar-refractivity contribution in [3.8, 4) is 0 Å². The fourth-order valence-corrected chi connectivity index (χ4v) is 2.22. The van der Waals surface area contributed by atoms with Gasteiger partial charge in [0.1, 0.15) is 6.20 Å². The number of Topliss-reactive ketones (excluding diaryl/α,β-unsaturated/α-hetero) is 1. The lowest BCUT2D eigenvalue weighted by atomic mass is 10.1. The van der Waals surface area contributed by atoms with Crippen molar-refractivity contribution in [3.63, 3.8) is 0 Å². The van der Waals surface area contributed by atoms with Gasteiger partial charge in [0.15, 0.2) is 10.9 Å². The van der Waals surface area contributed by atoms with E-state index in [1.807, 2.05) is 0 Å². The third-order valence-corrected chi connectivity index (χ3v) is 3.68. The molecular formula is C11H8BrN3O3S. The number of carbonyl (C=O) groups excluding carboxylic acids is 1. The van der Waals surface area contributed by atoms with Gasteiger partial charge in [0.05, 0.1) is 11.5 Å². The van der Waals surface area contributed by atoms with E-state index in [1.54, 1.807) is 24.3 Å². The molecule has 0 bridgehead atoms. The maximum atomic E-state index is 11.8. The Morgan fingerprint density at radius 2 is 2.11 bits per heavy atom. The smallest absolute Gasteiger partial charge is 0.345 e. The Morgan fingerprint density at radius 3 is 2.68 bits per heavy atom. The van der Waals surface area contributed by atoms with E-state index >= 15 is 0 Å². The van der Waals surface area contributed by atoms with Crippen LogP contribution in [0.1, 0.15) is 10.4 Å². The number of nitrogens with one attached hydrogen (secondary N) is 1. The van der Waals surface area contributed by atoms with Crippen LogP contribution in [0, 0.1) is 10.1 Å². The van der Waals surface area contributed by atoms with Gasteiger partial charge in [-0.2, -0.15) is 0 Å². The molecule has 0 aliphatic heterocycles. The van der Waals surface area contributed by atoms with E-state index in [9.17, 15) is 14.9 Å². The highest BCUT2D eigenvalue weighted by Crippen LogP contribution is 2.24. The topological polar surface area (TPSA) is 85.1 Å². The van der Waals surface area contributed by atoms with Gasteiger partial charge in [-0.15, -0.1) is 0 Å². The summed E-state index contributed by atoms with van der Waals surface area (Å²) in [6.07, 6.45) is 1.16. The monoisotopic (exact) mass is 341 g/mol. The van der Waals surface area contributed by atoms with Crippen LogP contribution < -0.4 is 5.32 Å². The van der Waals surface area contributed by atoms with Crippen LogP contribution >= 0.6 is 27.3 Å². The molecule has 1 N–H and O–H groups in total. The molecule has 0 saturated heterocycles. The zero-order valence-corrected chi connectivity index (χ0v) is 11.9. The lowest BCUT2D eigenvalue weighted by Gasteiger charge is -2.02. The zero-order chi connectivity index (χ0) is 13.8. The highest BCUT2D eigenvalue weighted by atomic mass is 79.9. The Bertz CT molecular complexity index is 612. The number of anilines is 1. The van der Waals surface area contributed by atoms with Crippen molar-refractivity contribution in [3.05, 3.63) is 50.6 Å². The number of rotatable bonds is 5. The molecule has 1 heterocycles. The average Bonchev–Trinajstić information content (AvgIpc) is 2.86. The number of ketones is 1. The van der Waals surface area contributed by atoms with E-state index < -0.39 is 4.92 Å². The van der Waals surface area contributed by atoms with Crippen molar-refractivity contribution >= 4 is 43.2 Å². The lowest BCUT2D eigenvalue weighted by molar-refractivity contribution is -0.380. The number of halogens is 1. The van der Waals surface area contributed by atoms with Crippen molar-refractivity contribution < 1.29 is 9.72 Å². The first-order chi connectivity index (χ1) is 9.06. The normalized spacial score (nSPS) is 10.2. The van der Waals surface area contributed by atoms with Crippen molar-refractivity contribution in [1.29, 1.82) is 0 Å². The maximum absolute atomic E-state index is 11.8.